The highest BCUT2D eigenvalue weighted by Gasteiger charge is 2.38. The van der Waals surface area contributed by atoms with Gasteiger partial charge in [0.2, 0.25) is 0 Å². The highest BCUT2D eigenvalue weighted by molar-refractivity contribution is 5.93. The van der Waals surface area contributed by atoms with Crippen LogP contribution in [0.15, 0.2) is 15.8 Å². The molecule has 0 aromatic carbocycles. The van der Waals surface area contributed by atoms with Crippen LogP contribution in [0.1, 0.15) is 10.4 Å². The van der Waals surface area contributed by atoms with E-state index in [1.165, 1.54) is 4.90 Å². The second-order valence-electron chi connectivity index (χ2n) is 5.48. The fraction of sp³-hybridized carbons (Fsp3) is 0.615. The lowest BCUT2D eigenvalue weighted by Gasteiger charge is -2.33. The lowest BCUT2D eigenvalue weighted by Crippen LogP contribution is -2.49. The summed E-state index contributed by atoms with van der Waals surface area (Å²) in [6.45, 7) is 3.15. The van der Waals surface area contributed by atoms with E-state index in [1.54, 1.807) is 0 Å². The van der Waals surface area contributed by atoms with Crippen LogP contribution in [-0.4, -0.2) is 82.3 Å². The normalized spacial score (nSPS) is 26.3. The van der Waals surface area contributed by atoms with E-state index in [9.17, 15) is 19.5 Å². The molecule has 9 heteroatoms. The summed E-state index contributed by atoms with van der Waals surface area (Å²) >= 11 is 0. The van der Waals surface area contributed by atoms with E-state index in [0.29, 0.717) is 32.8 Å². The van der Waals surface area contributed by atoms with Crippen molar-refractivity contribution in [2.45, 2.75) is 12.1 Å². The number of aliphatic hydroxyl groups is 1. The number of hydrogen-bond acceptors (Lipinski definition) is 6. The minimum Gasteiger partial charge on any atom is -0.390 e. The van der Waals surface area contributed by atoms with Crippen molar-refractivity contribution in [3.05, 3.63) is 32.6 Å². The number of aliphatic hydroxyl groups excluding tert-OH is 1. The molecule has 9 nitrogen and oxygen atoms in total. The van der Waals surface area contributed by atoms with E-state index in [2.05, 4.69) is 9.88 Å². The molecule has 2 saturated heterocycles. The van der Waals surface area contributed by atoms with Crippen molar-refractivity contribution in [3.8, 4) is 0 Å². The zero-order valence-corrected chi connectivity index (χ0v) is 11.9. The van der Waals surface area contributed by atoms with E-state index in [1.807, 2.05) is 4.98 Å². The van der Waals surface area contributed by atoms with Crippen LogP contribution in [0.5, 0.6) is 0 Å². The van der Waals surface area contributed by atoms with Crippen molar-refractivity contribution in [1.29, 1.82) is 0 Å². The van der Waals surface area contributed by atoms with Crippen molar-refractivity contribution >= 4 is 5.91 Å². The number of carbonyl (C=O) groups is 1. The number of H-pyrrole nitrogens is 2. The second-order valence-corrected chi connectivity index (χ2v) is 5.48. The number of carbonyl (C=O) groups excluding carboxylic acids is 1. The molecular weight excluding hydrogens is 292 g/mol. The summed E-state index contributed by atoms with van der Waals surface area (Å²) in [5.74, 6) is -0.493. The van der Waals surface area contributed by atoms with Crippen LogP contribution in [-0.2, 0) is 4.74 Å². The Morgan fingerprint density at radius 2 is 2.00 bits per heavy atom. The number of hydrogen-bond donors (Lipinski definition) is 3. The molecule has 3 heterocycles. The largest absolute Gasteiger partial charge is 0.390 e. The SMILES string of the molecule is O=C(c1c[nH]c(=O)[nH]c1=O)N1C[C@@H](O)[C@H](N2CCOCC2)C1. The molecule has 2 atom stereocenters. The van der Waals surface area contributed by atoms with Crippen LogP contribution in [0.2, 0.25) is 0 Å². The summed E-state index contributed by atoms with van der Waals surface area (Å²) < 4.78 is 5.28. The lowest BCUT2D eigenvalue weighted by atomic mass is 10.1. The number of morpholine rings is 1. The molecule has 3 N–H and O–H groups in total. The summed E-state index contributed by atoms with van der Waals surface area (Å²) in [7, 11) is 0. The number of nitrogens with one attached hydrogen (secondary N) is 2. The molecule has 22 heavy (non-hydrogen) atoms. The standard InChI is InChI=1S/C13H18N4O5/c18-10-7-17(6-9(10)16-1-3-22-4-2-16)12(20)8-5-14-13(21)15-11(8)19/h5,9-10,18H,1-4,6-7H2,(H2,14,15,19,21)/t9-,10-/m1/s1. The molecule has 0 saturated carbocycles. The van der Waals surface area contributed by atoms with Crippen LogP contribution in [0.3, 0.4) is 0 Å². The third kappa shape index (κ3) is 2.82. The molecule has 1 aromatic rings. The van der Waals surface area contributed by atoms with E-state index >= 15 is 0 Å². The Morgan fingerprint density at radius 1 is 1.27 bits per heavy atom. The van der Waals surface area contributed by atoms with Crippen LogP contribution in [0.4, 0.5) is 0 Å². The van der Waals surface area contributed by atoms with Crippen LogP contribution in [0, 0.1) is 0 Å². The van der Waals surface area contributed by atoms with Crippen molar-refractivity contribution in [2.24, 2.45) is 0 Å². The first-order valence-corrected chi connectivity index (χ1v) is 7.17. The maximum Gasteiger partial charge on any atom is 0.325 e. The minimum atomic E-state index is -0.724. The maximum atomic E-state index is 12.4. The zero-order chi connectivity index (χ0) is 15.7. The minimum absolute atomic E-state index is 0.130. The molecule has 2 aliphatic heterocycles. The highest BCUT2D eigenvalue weighted by Crippen LogP contribution is 2.18. The Labute approximate surface area is 125 Å². The molecule has 1 amide bonds. The van der Waals surface area contributed by atoms with Gasteiger partial charge >= 0.3 is 5.69 Å². The van der Waals surface area contributed by atoms with Gasteiger partial charge < -0.3 is 19.7 Å². The molecule has 0 radical (unpaired) electrons. The van der Waals surface area contributed by atoms with Crippen molar-refractivity contribution in [3.63, 3.8) is 0 Å². The zero-order valence-electron chi connectivity index (χ0n) is 11.9. The summed E-state index contributed by atoms with van der Waals surface area (Å²) in [5.41, 5.74) is -1.51. The Hall–Kier alpha value is -1.97. The van der Waals surface area contributed by atoms with Gasteiger partial charge in [-0.3, -0.25) is 19.5 Å². The van der Waals surface area contributed by atoms with Gasteiger partial charge in [-0.15, -0.1) is 0 Å². The second kappa shape index (κ2) is 6.03. The Bertz CT molecular complexity index is 663. The van der Waals surface area contributed by atoms with Gasteiger partial charge in [0.15, 0.2) is 0 Å². The molecule has 2 aliphatic rings. The predicted octanol–water partition coefficient (Wildman–Crippen LogP) is -2.42. The quantitative estimate of drug-likeness (QED) is 0.559. The Balaban J connectivity index is 1.74. The molecule has 1 aromatic heterocycles. The van der Waals surface area contributed by atoms with Crippen molar-refractivity contribution in [2.75, 3.05) is 39.4 Å². The summed E-state index contributed by atoms with van der Waals surface area (Å²) in [4.78, 5) is 42.9. The van der Waals surface area contributed by atoms with Gasteiger partial charge in [0.05, 0.1) is 25.4 Å². The van der Waals surface area contributed by atoms with Crippen LogP contribution < -0.4 is 11.2 Å². The van der Waals surface area contributed by atoms with Gasteiger partial charge in [-0.1, -0.05) is 0 Å². The molecule has 3 rings (SSSR count). The molecule has 120 valence electrons. The first kappa shape index (κ1) is 14.9. The monoisotopic (exact) mass is 310 g/mol. The number of aromatic amines is 2. The van der Waals surface area contributed by atoms with E-state index in [-0.39, 0.29) is 18.2 Å². The van der Waals surface area contributed by atoms with Gasteiger partial charge in [0.25, 0.3) is 11.5 Å². The molecule has 0 aliphatic carbocycles. The van der Waals surface area contributed by atoms with Gasteiger partial charge in [0, 0.05) is 32.4 Å². The van der Waals surface area contributed by atoms with Crippen molar-refractivity contribution in [1.82, 2.24) is 19.8 Å². The van der Waals surface area contributed by atoms with Crippen LogP contribution >= 0.6 is 0 Å². The molecule has 0 bridgehead atoms. The summed E-state index contributed by atoms with van der Waals surface area (Å²) in [5, 5.41) is 10.2. The van der Waals surface area contributed by atoms with Crippen LogP contribution in [0.25, 0.3) is 0 Å². The molecular formula is C13H18N4O5. The number of amides is 1. The molecule has 2 fully saturated rings. The fourth-order valence-electron chi connectivity index (χ4n) is 2.94. The molecule has 0 unspecified atom stereocenters. The van der Waals surface area contributed by atoms with Gasteiger partial charge in [-0.2, -0.15) is 0 Å². The number of ether oxygens (including phenoxy) is 1. The van der Waals surface area contributed by atoms with E-state index < -0.39 is 23.3 Å². The molecule has 0 spiro atoms. The topological polar surface area (TPSA) is 119 Å². The summed E-state index contributed by atoms with van der Waals surface area (Å²) in [6, 6.07) is -0.158. The number of β-amino-alcohol motifs (C(OH)–C–C–N with tert-alkyl or cyclic N) is 1. The van der Waals surface area contributed by atoms with Gasteiger partial charge in [-0.25, -0.2) is 4.79 Å². The average Bonchev–Trinajstić information content (AvgIpc) is 2.89. The number of rotatable bonds is 2. The third-order valence-electron chi connectivity index (χ3n) is 4.11. The number of aromatic nitrogens is 2. The van der Waals surface area contributed by atoms with E-state index in [4.69, 9.17) is 4.74 Å². The number of likely N-dealkylation sites (tertiary alicyclic amines) is 1. The highest BCUT2D eigenvalue weighted by atomic mass is 16.5. The smallest absolute Gasteiger partial charge is 0.325 e. The predicted molar refractivity (Wildman–Crippen MR) is 75.8 cm³/mol. The first-order chi connectivity index (χ1) is 10.6. The van der Waals surface area contributed by atoms with Crippen molar-refractivity contribution < 1.29 is 14.6 Å². The Kier molecular flexibility index (Phi) is 4.10. The lowest BCUT2D eigenvalue weighted by molar-refractivity contribution is -0.00611. The van der Waals surface area contributed by atoms with Gasteiger partial charge in [0.1, 0.15) is 5.56 Å². The maximum absolute atomic E-state index is 12.4. The third-order valence-corrected chi connectivity index (χ3v) is 4.11. The Morgan fingerprint density at radius 3 is 2.68 bits per heavy atom. The van der Waals surface area contributed by atoms with Gasteiger partial charge in [-0.05, 0) is 0 Å². The first-order valence-electron chi connectivity index (χ1n) is 7.17. The fourth-order valence-corrected chi connectivity index (χ4v) is 2.94. The number of nitrogens with zero attached hydrogens (tertiary/aromatic N) is 2. The van der Waals surface area contributed by atoms with E-state index in [0.717, 1.165) is 6.20 Å². The summed E-state index contributed by atoms with van der Waals surface area (Å²) in [6.07, 6.45) is 0.446. The average molecular weight is 310 g/mol.